The van der Waals surface area contributed by atoms with Crippen LogP contribution >= 0.6 is 0 Å². The zero-order valence-corrected chi connectivity index (χ0v) is 17.8. The highest BCUT2D eigenvalue weighted by Gasteiger charge is 2.23. The van der Waals surface area contributed by atoms with E-state index in [4.69, 9.17) is 4.99 Å². The molecular formula is C29H24N2. The minimum Gasteiger partial charge on any atom is -0.378 e. The van der Waals surface area contributed by atoms with Crippen molar-refractivity contribution in [2.75, 3.05) is 19.0 Å². The molecule has 0 saturated heterocycles. The summed E-state index contributed by atoms with van der Waals surface area (Å²) in [4.78, 5) is 6.85. The van der Waals surface area contributed by atoms with Crippen LogP contribution in [-0.4, -0.2) is 20.3 Å². The first kappa shape index (κ1) is 19.1. The largest absolute Gasteiger partial charge is 0.378 e. The molecule has 1 aliphatic carbocycles. The number of hydrogen-bond donors (Lipinski definition) is 0. The Hall–Kier alpha value is -3.91. The van der Waals surface area contributed by atoms with Crippen molar-refractivity contribution in [3.05, 3.63) is 119 Å². The summed E-state index contributed by atoms with van der Waals surface area (Å²) >= 11 is 0. The van der Waals surface area contributed by atoms with Gasteiger partial charge in [-0.05, 0) is 69.3 Å². The number of aliphatic imine (C=N–C) groups is 1. The monoisotopic (exact) mass is 400 g/mol. The van der Waals surface area contributed by atoms with Crippen molar-refractivity contribution < 1.29 is 0 Å². The van der Waals surface area contributed by atoms with Gasteiger partial charge in [-0.15, -0.1) is 0 Å². The van der Waals surface area contributed by atoms with E-state index in [1.165, 1.54) is 39.1 Å². The van der Waals surface area contributed by atoms with E-state index in [1.54, 1.807) is 0 Å². The van der Waals surface area contributed by atoms with Gasteiger partial charge >= 0.3 is 0 Å². The molecule has 1 aliphatic rings. The molecule has 2 heteroatoms. The molecule has 2 nitrogen and oxygen atoms in total. The van der Waals surface area contributed by atoms with Gasteiger partial charge in [0, 0.05) is 26.0 Å². The van der Waals surface area contributed by atoms with E-state index in [0.717, 1.165) is 11.3 Å². The minimum atomic E-state index is 0.962. The fourth-order valence-corrected chi connectivity index (χ4v) is 4.05. The lowest BCUT2D eigenvalue weighted by Gasteiger charge is -2.12. The van der Waals surface area contributed by atoms with Gasteiger partial charge in [0.1, 0.15) is 0 Å². The smallest absolute Gasteiger partial charge is 0.0636 e. The van der Waals surface area contributed by atoms with Crippen LogP contribution in [0.4, 0.5) is 11.4 Å². The van der Waals surface area contributed by atoms with E-state index >= 15 is 0 Å². The van der Waals surface area contributed by atoms with Crippen LogP contribution in [0.1, 0.15) is 22.3 Å². The third-order valence-corrected chi connectivity index (χ3v) is 5.68. The number of anilines is 1. The molecule has 0 aliphatic heterocycles. The quantitative estimate of drug-likeness (QED) is 0.295. The molecule has 0 heterocycles. The number of rotatable bonds is 4. The minimum absolute atomic E-state index is 0.962. The van der Waals surface area contributed by atoms with Gasteiger partial charge in [-0.2, -0.15) is 0 Å². The number of benzene rings is 4. The first-order valence-electron chi connectivity index (χ1n) is 10.5. The summed E-state index contributed by atoms with van der Waals surface area (Å²) in [5.74, 6) is 0. The Kier molecular flexibility index (Phi) is 4.97. The summed E-state index contributed by atoms with van der Waals surface area (Å²) < 4.78 is 0. The van der Waals surface area contributed by atoms with Crippen LogP contribution in [0, 0.1) is 0 Å². The Morgan fingerprint density at radius 3 is 2.03 bits per heavy atom. The second-order valence-corrected chi connectivity index (χ2v) is 7.99. The standard InChI is InChI=1S/C29H24N2/c1-31(2)24-15-12-21(13-16-24)18-28-26-11-7-6-10-25(26)27-17-14-23(19-29(27)28)30-20-22-8-4-3-5-9-22/h3-20H,1-2H3. The van der Waals surface area contributed by atoms with Gasteiger partial charge in [-0.3, -0.25) is 4.99 Å². The van der Waals surface area contributed by atoms with Crippen molar-refractivity contribution in [3.63, 3.8) is 0 Å². The van der Waals surface area contributed by atoms with Crippen LogP contribution in [0.3, 0.4) is 0 Å². The van der Waals surface area contributed by atoms with Gasteiger partial charge in [0.05, 0.1) is 5.69 Å². The van der Waals surface area contributed by atoms with E-state index < -0.39 is 0 Å². The maximum Gasteiger partial charge on any atom is 0.0636 e. The number of hydrogen-bond acceptors (Lipinski definition) is 2. The molecule has 5 rings (SSSR count). The first-order valence-corrected chi connectivity index (χ1v) is 10.5. The normalized spacial score (nSPS) is 13.4. The van der Waals surface area contributed by atoms with Crippen LogP contribution in [0.15, 0.2) is 102 Å². The van der Waals surface area contributed by atoms with Gasteiger partial charge in [0.25, 0.3) is 0 Å². The summed E-state index contributed by atoms with van der Waals surface area (Å²) in [5, 5.41) is 0. The average Bonchev–Trinajstić information content (AvgIpc) is 3.12. The lowest BCUT2D eigenvalue weighted by atomic mass is 10.0. The maximum atomic E-state index is 4.73. The average molecular weight is 401 g/mol. The molecule has 31 heavy (non-hydrogen) atoms. The van der Waals surface area contributed by atoms with E-state index in [0.29, 0.717) is 0 Å². The molecule has 0 saturated carbocycles. The Morgan fingerprint density at radius 1 is 0.613 bits per heavy atom. The molecule has 4 aromatic rings. The van der Waals surface area contributed by atoms with Crippen molar-refractivity contribution >= 4 is 29.2 Å². The zero-order chi connectivity index (χ0) is 21.2. The van der Waals surface area contributed by atoms with Crippen molar-refractivity contribution in [1.29, 1.82) is 0 Å². The molecule has 0 fully saturated rings. The maximum absolute atomic E-state index is 4.73. The van der Waals surface area contributed by atoms with E-state index in [1.807, 2.05) is 24.4 Å². The van der Waals surface area contributed by atoms with Crippen molar-refractivity contribution in [2.45, 2.75) is 0 Å². The fourth-order valence-electron chi connectivity index (χ4n) is 4.05. The third kappa shape index (κ3) is 3.80. The Balaban J connectivity index is 1.57. The van der Waals surface area contributed by atoms with Gasteiger partial charge < -0.3 is 4.90 Å². The van der Waals surface area contributed by atoms with Gasteiger partial charge in [0.2, 0.25) is 0 Å². The highest BCUT2D eigenvalue weighted by molar-refractivity contribution is 6.07. The van der Waals surface area contributed by atoms with Crippen LogP contribution < -0.4 is 4.90 Å². The lowest BCUT2D eigenvalue weighted by Crippen LogP contribution is -2.07. The first-order chi connectivity index (χ1) is 15.2. The Labute approximate surface area is 183 Å². The van der Waals surface area contributed by atoms with Crippen LogP contribution in [0.2, 0.25) is 0 Å². The molecule has 0 aromatic heterocycles. The Morgan fingerprint density at radius 2 is 1.29 bits per heavy atom. The van der Waals surface area contributed by atoms with Crippen LogP contribution in [0.25, 0.3) is 22.8 Å². The molecule has 0 amide bonds. The summed E-state index contributed by atoms with van der Waals surface area (Å²) in [7, 11) is 4.13. The van der Waals surface area contributed by atoms with Gasteiger partial charge in [-0.1, -0.05) is 72.8 Å². The highest BCUT2D eigenvalue weighted by Crippen LogP contribution is 2.46. The van der Waals surface area contributed by atoms with Crippen molar-refractivity contribution in [2.24, 2.45) is 4.99 Å². The predicted octanol–water partition coefficient (Wildman–Crippen LogP) is 7.07. The van der Waals surface area contributed by atoms with Gasteiger partial charge in [0.15, 0.2) is 0 Å². The second kappa shape index (κ2) is 8.08. The molecule has 0 atom stereocenters. The molecule has 150 valence electrons. The van der Waals surface area contributed by atoms with Crippen LogP contribution in [-0.2, 0) is 0 Å². The highest BCUT2D eigenvalue weighted by atomic mass is 15.1. The summed E-state index contributed by atoms with van der Waals surface area (Å²) in [6.07, 6.45) is 4.21. The van der Waals surface area contributed by atoms with E-state index in [9.17, 15) is 0 Å². The molecule has 0 spiro atoms. The molecule has 0 unspecified atom stereocenters. The molecule has 4 aromatic carbocycles. The molecule has 0 radical (unpaired) electrons. The van der Waals surface area contributed by atoms with E-state index in [2.05, 4.69) is 104 Å². The SMILES string of the molecule is CN(C)c1ccc(C=C2c3ccccc3-c3ccc(N=Cc4ccccc4)cc32)cc1. The van der Waals surface area contributed by atoms with E-state index in [-0.39, 0.29) is 0 Å². The number of nitrogens with zero attached hydrogens (tertiary/aromatic N) is 2. The molecule has 0 N–H and O–H groups in total. The topological polar surface area (TPSA) is 15.6 Å². The van der Waals surface area contributed by atoms with Crippen LogP contribution in [0.5, 0.6) is 0 Å². The molecule has 0 bridgehead atoms. The molecular weight excluding hydrogens is 376 g/mol. The van der Waals surface area contributed by atoms with Crippen molar-refractivity contribution in [3.8, 4) is 11.1 Å². The van der Waals surface area contributed by atoms with Gasteiger partial charge in [-0.25, -0.2) is 0 Å². The Bertz CT molecular complexity index is 1280. The summed E-state index contributed by atoms with van der Waals surface area (Å²) in [6.45, 7) is 0. The van der Waals surface area contributed by atoms with Crippen molar-refractivity contribution in [1.82, 2.24) is 0 Å². The zero-order valence-electron chi connectivity index (χ0n) is 17.8. The fraction of sp³-hybridized carbons (Fsp3) is 0.0690. The second-order valence-electron chi connectivity index (χ2n) is 7.99. The number of fused-ring (bicyclic) bond motifs is 3. The third-order valence-electron chi connectivity index (χ3n) is 5.68. The predicted molar refractivity (Wildman–Crippen MR) is 133 cm³/mol. The summed E-state index contributed by atoms with van der Waals surface area (Å²) in [5.41, 5.74) is 10.8. The summed E-state index contributed by atoms with van der Waals surface area (Å²) in [6, 6.07) is 34.0. The lowest BCUT2D eigenvalue weighted by molar-refractivity contribution is 1.13.